The topological polar surface area (TPSA) is 189 Å². The Kier molecular flexibility index (Phi) is 15.0. The summed E-state index contributed by atoms with van der Waals surface area (Å²) in [5.41, 5.74) is 7.54. The summed E-state index contributed by atoms with van der Waals surface area (Å²) in [7, 11) is 0. The van der Waals surface area contributed by atoms with Crippen LogP contribution in [0.5, 0.6) is 0 Å². The highest BCUT2D eigenvalue weighted by molar-refractivity contribution is 5.93. The first-order chi connectivity index (χ1) is 21.7. The van der Waals surface area contributed by atoms with Crippen LogP contribution in [0.25, 0.3) is 0 Å². The van der Waals surface area contributed by atoms with Gasteiger partial charge >= 0.3 is 5.97 Å². The summed E-state index contributed by atoms with van der Waals surface area (Å²) in [6.45, 7) is 2.66. The lowest BCUT2D eigenvalue weighted by molar-refractivity contribution is -0.144. The molecule has 0 aliphatic heterocycles. The van der Waals surface area contributed by atoms with Gasteiger partial charge in [-0.3, -0.25) is 14.4 Å². The van der Waals surface area contributed by atoms with E-state index >= 15 is 0 Å². The third-order valence-electron chi connectivity index (χ3n) is 8.52. The van der Waals surface area contributed by atoms with Gasteiger partial charge in [0.2, 0.25) is 17.7 Å². The van der Waals surface area contributed by atoms with Crippen molar-refractivity contribution in [1.29, 1.82) is 0 Å². The highest BCUT2D eigenvalue weighted by Gasteiger charge is 2.34. The minimum Gasteiger partial charge on any atom is -0.480 e. The molecule has 1 saturated carbocycles. The van der Waals surface area contributed by atoms with Gasteiger partial charge in [0.05, 0.1) is 13.0 Å². The summed E-state index contributed by atoms with van der Waals surface area (Å²) in [5, 5.41) is 27.5. The zero-order valence-corrected chi connectivity index (χ0v) is 26.4. The number of nitrogens with one attached hydrogen (secondary N) is 3. The van der Waals surface area contributed by atoms with Crippen LogP contribution in [0.3, 0.4) is 0 Å². The number of nitrogens with zero attached hydrogens (tertiary/aromatic N) is 2. The number of imidazole rings is 1. The molecule has 3 rings (SSSR count). The summed E-state index contributed by atoms with van der Waals surface area (Å²) in [4.78, 5) is 55.3. The Morgan fingerprint density at radius 3 is 2.24 bits per heavy atom. The van der Waals surface area contributed by atoms with Gasteiger partial charge in [0.25, 0.3) is 0 Å². The molecule has 2 aromatic rings. The fraction of sp³-hybridized carbons (Fsp3) is 0.606. The second kappa shape index (κ2) is 18.9. The molecule has 1 aromatic carbocycles. The molecule has 12 heteroatoms. The maximum Gasteiger partial charge on any atom is 0.326 e. The molecule has 0 saturated heterocycles. The maximum absolute atomic E-state index is 13.2. The predicted molar refractivity (Wildman–Crippen MR) is 170 cm³/mol. The van der Waals surface area contributed by atoms with Crippen molar-refractivity contribution in [2.45, 2.75) is 109 Å². The fourth-order valence-electron chi connectivity index (χ4n) is 5.84. The van der Waals surface area contributed by atoms with E-state index in [4.69, 9.17) is 5.73 Å². The quantitative estimate of drug-likeness (QED) is 0.128. The summed E-state index contributed by atoms with van der Waals surface area (Å²) >= 11 is 0. The number of aromatic nitrogens is 2. The highest BCUT2D eigenvalue weighted by Crippen LogP contribution is 2.27. The lowest BCUT2D eigenvalue weighted by atomic mass is 9.83. The zero-order valence-electron chi connectivity index (χ0n) is 26.4. The first-order valence-electron chi connectivity index (χ1n) is 16.2. The normalized spacial score (nSPS) is 15.5. The summed E-state index contributed by atoms with van der Waals surface area (Å²) < 4.78 is 2.13. The van der Waals surface area contributed by atoms with Gasteiger partial charge in [0.1, 0.15) is 23.9 Å². The van der Waals surface area contributed by atoms with E-state index in [-0.39, 0.29) is 18.8 Å². The number of aliphatic hydroxyl groups is 1. The maximum atomic E-state index is 13.2. The van der Waals surface area contributed by atoms with E-state index in [1.165, 1.54) is 5.56 Å². The predicted octanol–water partition coefficient (Wildman–Crippen LogP) is 2.00. The lowest BCUT2D eigenvalue weighted by Gasteiger charge is -2.30. The Morgan fingerprint density at radius 2 is 1.62 bits per heavy atom. The number of aliphatic hydroxyl groups excluding tert-OH is 1. The SMILES string of the molecule is Cc1nccn1CCCCc1ccc(CC(=O)N[C@@H](CO)C(=O)N[C@@H](CCCCN)C(=O)NC(C(=O)O)C2CCCCC2)cc1. The molecule has 1 aliphatic carbocycles. The number of hydrogen-bond donors (Lipinski definition) is 6. The van der Waals surface area contributed by atoms with Gasteiger partial charge in [-0.1, -0.05) is 43.5 Å². The molecule has 1 aromatic heterocycles. The first kappa shape index (κ1) is 35.7. The number of unbranched alkanes of at least 4 members (excludes halogenated alkanes) is 2. The second-order valence-electron chi connectivity index (χ2n) is 12.0. The fourth-order valence-corrected chi connectivity index (χ4v) is 5.84. The first-order valence-corrected chi connectivity index (χ1v) is 16.2. The zero-order chi connectivity index (χ0) is 32.6. The number of carboxylic acid groups (broad SMARTS) is 1. The Labute approximate surface area is 265 Å². The standard InChI is InChI=1S/C33H50N6O6/c1-23-35-18-20-39(23)19-8-6-9-24-13-15-25(16-14-24)21-29(41)36-28(22-40)32(43)37-27(12-5-7-17-34)31(42)38-30(33(44)45)26-10-3-2-4-11-26/h13-16,18,20,26-28,30,40H,2-12,17,19,21-22,34H2,1H3,(H,36,41)(H,37,43)(H,38,42)(H,44,45)/t27-,28-,30?/m0/s1. The smallest absolute Gasteiger partial charge is 0.326 e. The van der Waals surface area contributed by atoms with Crippen LogP contribution in [0.1, 0.15) is 81.2 Å². The molecular formula is C33H50N6O6. The Hall–Kier alpha value is -3.77. The van der Waals surface area contributed by atoms with Crippen molar-refractivity contribution < 1.29 is 29.4 Å². The van der Waals surface area contributed by atoms with E-state index in [1.807, 2.05) is 37.4 Å². The Balaban J connectivity index is 1.51. The molecule has 3 amide bonds. The third-order valence-corrected chi connectivity index (χ3v) is 8.52. The van der Waals surface area contributed by atoms with Crippen LogP contribution in [-0.2, 0) is 38.6 Å². The Bertz CT molecular complexity index is 1230. The van der Waals surface area contributed by atoms with Gasteiger partial charge in [0.15, 0.2) is 0 Å². The molecule has 0 radical (unpaired) electrons. The van der Waals surface area contributed by atoms with E-state index in [0.717, 1.165) is 69.3 Å². The molecule has 1 heterocycles. The monoisotopic (exact) mass is 626 g/mol. The molecular weight excluding hydrogens is 576 g/mol. The van der Waals surface area contributed by atoms with Crippen LogP contribution in [0.15, 0.2) is 36.7 Å². The van der Waals surface area contributed by atoms with Crippen molar-refractivity contribution in [2.24, 2.45) is 11.7 Å². The molecule has 1 unspecified atom stereocenters. The minimum atomic E-state index is -1.27. The van der Waals surface area contributed by atoms with Gasteiger partial charge < -0.3 is 36.5 Å². The van der Waals surface area contributed by atoms with Crippen LogP contribution in [0, 0.1) is 12.8 Å². The number of rotatable bonds is 19. The van der Waals surface area contributed by atoms with Crippen molar-refractivity contribution in [3.05, 3.63) is 53.6 Å². The molecule has 0 bridgehead atoms. The van der Waals surface area contributed by atoms with Crippen LogP contribution in [0.2, 0.25) is 0 Å². The van der Waals surface area contributed by atoms with Crippen molar-refractivity contribution in [1.82, 2.24) is 25.5 Å². The summed E-state index contributed by atoms with van der Waals surface area (Å²) in [6, 6.07) is 4.40. The van der Waals surface area contributed by atoms with E-state index in [2.05, 4.69) is 25.5 Å². The van der Waals surface area contributed by atoms with Gasteiger partial charge in [-0.25, -0.2) is 9.78 Å². The van der Waals surface area contributed by atoms with Gasteiger partial charge in [-0.2, -0.15) is 0 Å². The van der Waals surface area contributed by atoms with Gasteiger partial charge in [-0.05, 0) is 81.9 Å². The molecule has 45 heavy (non-hydrogen) atoms. The molecule has 3 atom stereocenters. The van der Waals surface area contributed by atoms with Crippen molar-refractivity contribution in [2.75, 3.05) is 13.2 Å². The van der Waals surface area contributed by atoms with E-state index < -0.39 is 48.4 Å². The summed E-state index contributed by atoms with van der Waals surface area (Å²) in [5.74, 6) is -2.03. The Morgan fingerprint density at radius 1 is 0.933 bits per heavy atom. The molecule has 248 valence electrons. The van der Waals surface area contributed by atoms with Crippen LogP contribution >= 0.6 is 0 Å². The van der Waals surface area contributed by atoms with Crippen molar-refractivity contribution in [3.63, 3.8) is 0 Å². The number of hydrogen-bond acceptors (Lipinski definition) is 7. The number of carboxylic acids is 1. The van der Waals surface area contributed by atoms with Crippen LogP contribution < -0.4 is 21.7 Å². The molecule has 7 N–H and O–H groups in total. The lowest BCUT2D eigenvalue weighted by Crippen LogP contribution is -2.57. The average molecular weight is 627 g/mol. The van der Waals surface area contributed by atoms with Gasteiger partial charge in [-0.15, -0.1) is 0 Å². The number of aryl methyl sites for hydroxylation is 3. The average Bonchev–Trinajstić information content (AvgIpc) is 3.45. The number of benzene rings is 1. The van der Waals surface area contributed by atoms with Crippen LogP contribution in [0.4, 0.5) is 0 Å². The largest absolute Gasteiger partial charge is 0.480 e. The molecule has 1 fully saturated rings. The second-order valence-corrected chi connectivity index (χ2v) is 12.0. The van der Waals surface area contributed by atoms with E-state index in [9.17, 15) is 29.4 Å². The third kappa shape index (κ3) is 11.9. The number of aliphatic carboxylic acids is 1. The molecule has 12 nitrogen and oxygen atoms in total. The van der Waals surface area contributed by atoms with Crippen molar-refractivity contribution >= 4 is 23.7 Å². The van der Waals surface area contributed by atoms with Gasteiger partial charge in [0, 0.05) is 18.9 Å². The van der Waals surface area contributed by atoms with E-state index in [0.29, 0.717) is 19.4 Å². The molecule has 1 aliphatic rings. The highest BCUT2D eigenvalue weighted by atomic mass is 16.4. The summed E-state index contributed by atoms with van der Waals surface area (Å²) in [6.07, 6.45) is 12.5. The number of nitrogens with two attached hydrogens (primary N) is 1. The number of carbonyl (C=O) groups is 4. The van der Waals surface area contributed by atoms with E-state index in [1.54, 1.807) is 6.20 Å². The number of carbonyl (C=O) groups excluding carboxylic acids is 3. The van der Waals surface area contributed by atoms with Crippen molar-refractivity contribution in [3.8, 4) is 0 Å². The van der Waals surface area contributed by atoms with Crippen LogP contribution in [-0.4, -0.2) is 74.7 Å². The minimum absolute atomic E-state index is 0.0199. The number of amides is 3. The molecule has 0 spiro atoms.